The van der Waals surface area contributed by atoms with Crippen LogP contribution in [0.4, 0.5) is 0 Å². The zero-order valence-corrected chi connectivity index (χ0v) is 12.1. The highest BCUT2D eigenvalue weighted by Crippen LogP contribution is 2.23. The van der Waals surface area contributed by atoms with Gasteiger partial charge in [0.1, 0.15) is 5.75 Å². The SMILES string of the molecule is C=C(C)CNCc1cc(Br)ccc1OCCC. The summed E-state index contributed by atoms with van der Waals surface area (Å²) in [5.74, 6) is 0.962. The molecule has 0 heterocycles. The molecule has 2 nitrogen and oxygen atoms in total. The first-order valence-electron chi connectivity index (χ1n) is 5.89. The number of rotatable bonds is 7. The van der Waals surface area contributed by atoms with Crippen molar-refractivity contribution in [3.05, 3.63) is 40.4 Å². The molecule has 0 atom stereocenters. The van der Waals surface area contributed by atoms with Gasteiger partial charge in [0, 0.05) is 23.1 Å². The average Bonchev–Trinajstić information content (AvgIpc) is 2.27. The van der Waals surface area contributed by atoms with Gasteiger partial charge in [-0.25, -0.2) is 0 Å². The Morgan fingerprint density at radius 2 is 2.24 bits per heavy atom. The standard InChI is InChI=1S/C14H20BrNO/c1-4-7-17-14-6-5-13(15)8-12(14)10-16-9-11(2)3/h5-6,8,16H,2,4,7,9-10H2,1,3H3. The Morgan fingerprint density at radius 3 is 2.88 bits per heavy atom. The van der Waals surface area contributed by atoms with Crippen molar-refractivity contribution < 1.29 is 4.74 Å². The summed E-state index contributed by atoms with van der Waals surface area (Å²) in [6, 6.07) is 6.11. The lowest BCUT2D eigenvalue weighted by Gasteiger charge is -2.12. The summed E-state index contributed by atoms with van der Waals surface area (Å²) in [5.41, 5.74) is 2.31. The fourth-order valence-corrected chi connectivity index (χ4v) is 1.86. The maximum absolute atomic E-state index is 5.72. The smallest absolute Gasteiger partial charge is 0.123 e. The van der Waals surface area contributed by atoms with Gasteiger partial charge in [0.2, 0.25) is 0 Å². The number of hydrogen-bond donors (Lipinski definition) is 1. The lowest BCUT2D eigenvalue weighted by Crippen LogP contribution is -2.16. The van der Waals surface area contributed by atoms with Crippen molar-refractivity contribution in [3.8, 4) is 5.75 Å². The Morgan fingerprint density at radius 1 is 1.47 bits per heavy atom. The highest BCUT2D eigenvalue weighted by atomic mass is 79.9. The second-order valence-corrected chi connectivity index (χ2v) is 5.08. The van der Waals surface area contributed by atoms with Crippen LogP contribution in [0.25, 0.3) is 0 Å². The van der Waals surface area contributed by atoms with E-state index in [0.29, 0.717) is 0 Å². The third kappa shape index (κ3) is 5.37. The summed E-state index contributed by atoms with van der Waals surface area (Å²) in [4.78, 5) is 0. The molecule has 0 aliphatic heterocycles. The van der Waals surface area contributed by atoms with Crippen molar-refractivity contribution in [2.45, 2.75) is 26.8 Å². The second-order valence-electron chi connectivity index (χ2n) is 4.16. The maximum Gasteiger partial charge on any atom is 0.123 e. The summed E-state index contributed by atoms with van der Waals surface area (Å²) in [6.45, 7) is 10.4. The van der Waals surface area contributed by atoms with Crippen LogP contribution in [0.15, 0.2) is 34.8 Å². The maximum atomic E-state index is 5.72. The van der Waals surface area contributed by atoms with Gasteiger partial charge in [0.15, 0.2) is 0 Å². The molecular formula is C14H20BrNO. The first kappa shape index (κ1) is 14.3. The zero-order valence-electron chi connectivity index (χ0n) is 10.6. The van der Waals surface area contributed by atoms with Crippen LogP contribution in [0.2, 0.25) is 0 Å². The number of ether oxygens (including phenoxy) is 1. The van der Waals surface area contributed by atoms with Crippen LogP contribution in [0.3, 0.4) is 0 Å². The monoisotopic (exact) mass is 297 g/mol. The van der Waals surface area contributed by atoms with E-state index in [1.54, 1.807) is 0 Å². The van der Waals surface area contributed by atoms with E-state index in [4.69, 9.17) is 4.74 Å². The van der Waals surface area contributed by atoms with E-state index >= 15 is 0 Å². The molecule has 1 aromatic carbocycles. The zero-order chi connectivity index (χ0) is 12.7. The van der Waals surface area contributed by atoms with Crippen LogP contribution < -0.4 is 10.1 Å². The summed E-state index contributed by atoms with van der Waals surface area (Å²) in [6.07, 6.45) is 1.02. The first-order valence-corrected chi connectivity index (χ1v) is 6.69. The van der Waals surface area contributed by atoms with Gasteiger partial charge in [-0.05, 0) is 31.5 Å². The van der Waals surface area contributed by atoms with Gasteiger partial charge < -0.3 is 10.1 Å². The van der Waals surface area contributed by atoms with Crippen LogP contribution in [-0.2, 0) is 6.54 Å². The molecule has 17 heavy (non-hydrogen) atoms. The van der Waals surface area contributed by atoms with E-state index in [0.717, 1.165) is 41.9 Å². The summed E-state index contributed by atoms with van der Waals surface area (Å²) < 4.78 is 6.79. The number of hydrogen-bond acceptors (Lipinski definition) is 2. The highest BCUT2D eigenvalue weighted by Gasteiger charge is 2.04. The van der Waals surface area contributed by atoms with Gasteiger partial charge in [-0.2, -0.15) is 0 Å². The molecule has 3 heteroatoms. The van der Waals surface area contributed by atoms with Gasteiger partial charge in [0.05, 0.1) is 6.61 Å². The van der Waals surface area contributed by atoms with Gasteiger partial charge in [-0.3, -0.25) is 0 Å². The minimum Gasteiger partial charge on any atom is -0.493 e. The molecule has 94 valence electrons. The third-order valence-electron chi connectivity index (χ3n) is 2.23. The van der Waals surface area contributed by atoms with Crippen molar-refractivity contribution >= 4 is 15.9 Å². The Hall–Kier alpha value is -0.800. The molecule has 1 rings (SSSR count). The summed E-state index contributed by atoms with van der Waals surface area (Å²) >= 11 is 3.48. The minimum atomic E-state index is 0.759. The number of nitrogens with one attached hydrogen (secondary N) is 1. The Labute approximate surface area is 112 Å². The molecular weight excluding hydrogens is 278 g/mol. The second kappa shape index (κ2) is 7.51. The molecule has 0 unspecified atom stereocenters. The summed E-state index contributed by atoms with van der Waals surface area (Å²) in [7, 11) is 0. The van der Waals surface area contributed by atoms with Gasteiger partial charge in [0.25, 0.3) is 0 Å². The molecule has 0 saturated carbocycles. The fourth-order valence-electron chi connectivity index (χ4n) is 1.45. The van der Waals surface area contributed by atoms with Crippen molar-refractivity contribution in [2.75, 3.05) is 13.2 Å². The van der Waals surface area contributed by atoms with E-state index in [1.165, 1.54) is 5.56 Å². The van der Waals surface area contributed by atoms with Crippen LogP contribution >= 0.6 is 15.9 Å². The Balaban J connectivity index is 2.65. The topological polar surface area (TPSA) is 21.3 Å². The molecule has 0 aliphatic carbocycles. The van der Waals surface area contributed by atoms with Gasteiger partial charge >= 0.3 is 0 Å². The fraction of sp³-hybridized carbons (Fsp3) is 0.429. The Kier molecular flexibility index (Phi) is 6.30. The van der Waals surface area contributed by atoms with E-state index in [9.17, 15) is 0 Å². The van der Waals surface area contributed by atoms with Crippen molar-refractivity contribution in [3.63, 3.8) is 0 Å². The minimum absolute atomic E-state index is 0.759. The Bertz CT molecular complexity index is 376. The number of halogens is 1. The van der Waals surface area contributed by atoms with Gasteiger partial charge in [-0.15, -0.1) is 0 Å². The highest BCUT2D eigenvalue weighted by molar-refractivity contribution is 9.10. The van der Waals surface area contributed by atoms with Crippen LogP contribution in [0, 0.1) is 0 Å². The van der Waals surface area contributed by atoms with Crippen LogP contribution in [0.5, 0.6) is 5.75 Å². The molecule has 0 aliphatic rings. The van der Waals surface area contributed by atoms with E-state index in [1.807, 2.05) is 19.1 Å². The van der Waals surface area contributed by atoms with Gasteiger partial charge in [-0.1, -0.05) is 35.0 Å². The third-order valence-corrected chi connectivity index (χ3v) is 2.72. The lowest BCUT2D eigenvalue weighted by atomic mass is 10.2. The molecule has 0 aromatic heterocycles. The van der Waals surface area contributed by atoms with E-state index < -0.39 is 0 Å². The molecule has 0 saturated heterocycles. The molecule has 0 fully saturated rings. The van der Waals surface area contributed by atoms with Crippen molar-refractivity contribution in [1.82, 2.24) is 5.32 Å². The molecule has 1 N–H and O–H groups in total. The summed E-state index contributed by atoms with van der Waals surface area (Å²) in [5, 5.41) is 3.34. The molecule has 0 spiro atoms. The normalized spacial score (nSPS) is 10.3. The lowest BCUT2D eigenvalue weighted by molar-refractivity contribution is 0.313. The molecule has 0 amide bonds. The average molecular weight is 298 g/mol. The van der Waals surface area contributed by atoms with E-state index in [-0.39, 0.29) is 0 Å². The van der Waals surface area contributed by atoms with Crippen LogP contribution in [0.1, 0.15) is 25.8 Å². The number of benzene rings is 1. The molecule has 0 bridgehead atoms. The van der Waals surface area contributed by atoms with Crippen molar-refractivity contribution in [1.29, 1.82) is 0 Å². The quantitative estimate of drug-likeness (QED) is 0.771. The predicted octanol–water partition coefficient (Wildman–Crippen LogP) is 3.90. The van der Waals surface area contributed by atoms with Crippen molar-refractivity contribution in [2.24, 2.45) is 0 Å². The molecule has 1 aromatic rings. The molecule has 0 radical (unpaired) electrons. The van der Waals surface area contributed by atoms with Crippen LogP contribution in [-0.4, -0.2) is 13.2 Å². The largest absolute Gasteiger partial charge is 0.493 e. The van der Waals surface area contributed by atoms with E-state index in [2.05, 4.69) is 40.8 Å². The first-order chi connectivity index (χ1) is 8.13. The predicted molar refractivity (Wildman–Crippen MR) is 76.4 cm³/mol.